The second kappa shape index (κ2) is 5.25. The van der Waals surface area contributed by atoms with Crippen LogP contribution in [0.3, 0.4) is 0 Å². The zero-order valence-electron chi connectivity index (χ0n) is 9.78. The van der Waals surface area contributed by atoms with Crippen LogP contribution in [0.25, 0.3) is 0 Å². The number of carboxylic acids is 1. The minimum Gasteiger partial charge on any atom is -0.476 e. The van der Waals surface area contributed by atoms with Crippen LogP contribution in [0.4, 0.5) is 5.69 Å². The van der Waals surface area contributed by atoms with Gasteiger partial charge in [-0.25, -0.2) is 4.79 Å². The van der Waals surface area contributed by atoms with Gasteiger partial charge in [0.15, 0.2) is 0 Å². The lowest BCUT2D eigenvalue weighted by atomic mass is 10.3. The maximum Gasteiger partial charge on any atom is 0.363 e. The molecule has 1 rings (SSSR count). The fourth-order valence-electron chi connectivity index (χ4n) is 1.31. The Labute approximate surface area is 102 Å². The summed E-state index contributed by atoms with van der Waals surface area (Å²) in [6.45, 7) is 3.59. The normalized spacial score (nSPS) is 11.9. The van der Waals surface area contributed by atoms with Crippen molar-refractivity contribution < 1.29 is 19.6 Å². The van der Waals surface area contributed by atoms with E-state index in [0.29, 0.717) is 6.54 Å². The molecule has 0 aliphatic carbocycles. The molecule has 1 aromatic rings. The lowest BCUT2D eigenvalue weighted by Crippen LogP contribution is -2.31. The van der Waals surface area contributed by atoms with Crippen LogP contribution in [0.5, 0.6) is 0 Å². The Morgan fingerprint density at radius 3 is 2.67 bits per heavy atom. The van der Waals surface area contributed by atoms with E-state index in [2.05, 4.69) is 10.4 Å². The lowest BCUT2D eigenvalue weighted by Gasteiger charge is -2.10. The molecule has 0 aliphatic heterocycles. The molecule has 0 spiro atoms. The van der Waals surface area contributed by atoms with Crippen molar-refractivity contribution >= 4 is 17.6 Å². The summed E-state index contributed by atoms with van der Waals surface area (Å²) >= 11 is 0. The predicted molar refractivity (Wildman–Crippen MR) is 59.2 cm³/mol. The fourth-order valence-corrected chi connectivity index (χ4v) is 1.31. The van der Waals surface area contributed by atoms with Crippen molar-refractivity contribution in [1.82, 2.24) is 15.1 Å². The number of hydrogen-bond acceptors (Lipinski definition) is 5. The van der Waals surface area contributed by atoms with E-state index < -0.39 is 34.2 Å². The Morgan fingerprint density at radius 2 is 2.28 bits per heavy atom. The van der Waals surface area contributed by atoms with Crippen LogP contribution in [0.2, 0.25) is 0 Å². The standard InChI is InChI=1S/C9H12N4O5/c1-3-10-8(14)5(2)12-4-6(13(17)18)7(11-12)9(15)16/h4-5H,3H2,1-2H3,(H,10,14)(H,15,16). The number of aromatic carboxylic acids is 1. The summed E-state index contributed by atoms with van der Waals surface area (Å²) in [5.74, 6) is -1.91. The molecule has 18 heavy (non-hydrogen) atoms. The Hall–Kier alpha value is -2.45. The van der Waals surface area contributed by atoms with Gasteiger partial charge in [0.25, 0.3) is 0 Å². The second-order valence-electron chi connectivity index (χ2n) is 3.48. The molecule has 1 unspecified atom stereocenters. The highest BCUT2D eigenvalue weighted by Gasteiger charge is 2.28. The topological polar surface area (TPSA) is 127 Å². The summed E-state index contributed by atoms with van der Waals surface area (Å²) in [7, 11) is 0. The Morgan fingerprint density at radius 1 is 1.67 bits per heavy atom. The number of rotatable bonds is 5. The number of nitro groups is 1. The van der Waals surface area contributed by atoms with Gasteiger partial charge in [-0.3, -0.25) is 19.6 Å². The molecule has 0 aliphatic rings. The van der Waals surface area contributed by atoms with Crippen molar-refractivity contribution in [2.24, 2.45) is 0 Å². The molecule has 2 N–H and O–H groups in total. The number of likely N-dealkylation sites (N-methyl/N-ethyl adjacent to an activating group) is 1. The number of nitrogens with zero attached hydrogens (tertiary/aromatic N) is 3. The smallest absolute Gasteiger partial charge is 0.363 e. The third kappa shape index (κ3) is 2.62. The molecule has 98 valence electrons. The van der Waals surface area contributed by atoms with Crippen LogP contribution in [-0.4, -0.2) is 38.2 Å². The first kappa shape index (κ1) is 13.6. The fraction of sp³-hybridized carbons (Fsp3) is 0.444. The number of carbonyl (C=O) groups excluding carboxylic acids is 1. The van der Waals surface area contributed by atoms with Crippen molar-refractivity contribution in [3.8, 4) is 0 Å². The van der Waals surface area contributed by atoms with E-state index >= 15 is 0 Å². The first-order chi connectivity index (χ1) is 8.38. The molecule has 1 atom stereocenters. The number of carbonyl (C=O) groups is 2. The molecule has 1 aromatic heterocycles. The number of hydrogen-bond donors (Lipinski definition) is 2. The van der Waals surface area contributed by atoms with Gasteiger partial charge in [-0.05, 0) is 13.8 Å². The molecule has 0 saturated heterocycles. The first-order valence-corrected chi connectivity index (χ1v) is 5.13. The van der Waals surface area contributed by atoms with E-state index in [1.54, 1.807) is 6.92 Å². The van der Waals surface area contributed by atoms with E-state index in [4.69, 9.17) is 5.11 Å². The van der Waals surface area contributed by atoms with Gasteiger partial charge in [-0.1, -0.05) is 0 Å². The highest BCUT2D eigenvalue weighted by atomic mass is 16.6. The highest BCUT2D eigenvalue weighted by molar-refractivity contribution is 5.90. The molecule has 1 heterocycles. The molecule has 0 bridgehead atoms. The largest absolute Gasteiger partial charge is 0.476 e. The number of carboxylic acid groups (broad SMARTS) is 1. The van der Waals surface area contributed by atoms with Crippen LogP contribution < -0.4 is 5.32 Å². The van der Waals surface area contributed by atoms with Crippen molar-refractivity contribution in [1.29, 1.82) is 0 Å². The molecule has 0 radical (unpaired) electrons. The van der Waals surface area contributed by atoms with Gasteiger partial charge in [0, 0.05) is 6.54 Å². The highest BCUT2D eigenvalue weighted by Crippen LogP contribution is 2.19. The Balaban J connectivity index is 3.12. The maximum atomic E-state index is 11.5. The zero-order chi connectivity index (χ0) is 13.9. The summed E-state index contributed by atoms with van der Waals surface area (Å²) < 4.78 is 0.965. The third-order valence-electron chi connectivity index (χ3n) is 2.24. The SMILES string of the molecule is CCNC(=O)C(C)n1cc([N+](=O)[O-])c(C(=O)O)n1. The number of amides is 1. The molecule has 9 heteroatoms. The molecule has 1 amide bonds. The van der Waals surface area contributed by atoms with Gasteiger partial charge in [0.1, 0.15) is 12.2 Å². The van der Waals surface area contributed by atoms with Gasteiger partial charge in [0.05, 0.1) is 4.92 Å². The van der Waals surface area contributed by atoms with Crippen LogP contribution in [0.1, 0.15) is 30.4 Å². The molecule has 0 aromatic carbocycles. The number of nitrogens with one attached hydrogen (secondary N) is 1. The third-order valence-corrected chi connectivity index (χ3v) is 2.24. The van der Waals surface area contributed by atoms with Crippen LogP contribution in [0, 0.1) is 10.1 Å². The van der Waals surface area contributed by atoms with Crippen LogP contribution >= 0.6 is 0 Å². The Bertz CT molecular complexity index is 464. The Kier molecular flexibility index (Phi) is 3.97. The van der Waals surface area contributed by atoms with Crippen molar-refractivity contribution in [2.45, 2.75) is 19.9 Å². The summed E-state index contributed by atoms with van der Waals surface area (Å²) in [4.78, 5) is 32.1. The number of aromatic nitrogens is 2. The maximum absolute atomic E-state index is 11.5. The average Bonchev–Trinajstić information content (AvgIpc) is 2.73. The molecule has 9 nitrogen and oxygen atoms in total. The van der Waals surface area contributed by atoms with Crippen molar-refractivity contribution in [3.05, 3.63) is 22.0 Å². The summed E-state index contributed by atoms with van der Waals surface area (Å²) in [5.41, 5.74) is -1.32. The van der Waals surface area contributed by atoms with E-state index in [0.717, 1.165) is 10.9 Å². The lowest BCUT2D eigenvalue weighted by molar-refractivity contribution is -0.385. The summed E-state index contributed by atoms with van der Waals surface area (Å²) in [5, 5.41) is 25.5. The summed E-state index contributed by atoms with van der Waals surface area (Å²) in [6, 6.07) is -0.822. The van der Waals surface area contributed by atoms with Crippen LogP contribution in [-0.2, 0) is 4.79 Å². The van der Waals surface area contributed by atoms with Gasteiger partial charge < -0.3 is 10.4 Å². The first-order valence-electron chi connectivity index (χ1n) is 5.13. The van der Waals surface area contributed by atoms with E-state index in [1.807, 2.05) is 0 Å². The second-order valence-corrected chi connectivity index (χ2v) is 3.48. The van der Waals surface area contributed by atoms with Crippen LogP contribution in [0.15, 0.2) is 6.20 Å². The van der Waals surface area contributed by atoms with Gasteiger partial charge in [-0.15, -0.1) is 0 Å². The van der Waals surface area contributed by atoms with Crippen molar-refractivity contribution in [3.63, 3.8) is 0 Å². The molecule has 0 fully saturated rings. The van der Waals surface area contributed by atoms with E-state index in [9.17, 15) is 19.7 Å². The van der Waals surface area contributed by atoms with E-state index in [-0.39, 0.29) is 0 Å². The van der Waals surface area contributed by atoms with Crippen molar-refractivity contribution in [2.75, 3.05) is 6.54 Å². The average molecular weight is 256 g/mol. The molecule has 0 saturated carbocycles. The summed E-state index contributed by atoms with van der Waals surface area (Å²) in [6.07, 6.45) is 0.934. The monoisotopic (exact) mass is 256 g/mol. The zero-order valence-corrected chi connectivity index (χ0v) is 9.78. The predicted octanol–water partition coefficient (Wildman–Crippen LogP) is 0.187. The quantitative estimate of drug-likeness (QED) is 0.571. The van der Waals surface area contributed by atoms with Gasteiger partial charge >= 0.3 is 11.7 Å². The van der Waals surface area contributed by atoms with Gasteiger partial charge in [-0.2, -0.15) is 5.10 Å². The minimum atomic E-state index is -1.51. The molecular weight excluding hydrogens is 244 g/mol. The minimum absolute atomic E-state index is 0.396. The van der Waals surface area contributed by atoms with E-state index in [1.165, 1.54) is 6.92 Å². The molecular formula is C9H12N4O5. The van der Waals surface area contributed by atoms with Gasteiger partial charge in [0.2, 0.25) is 11.6 Å².